The molecule has 2 aromatic rings. The summed E-state index contributed by atoms with van der Waals surface area (Å²) in [5, 5.41) is 2.80. The smallest absolute Gasteiger partial charge is 0.444 e. The average molecular weight is 524 g/mol. The molecule has 2 fully saturated rings. The highest BCUT2D eigenvalue weighted by atomic mass is 19.4. The molecule has 1 aliphatic carbocycles. The highest BCUT2D eigenvalue weighted by molar-refractivity contribution is 5.86. The van der Waals surface area contributed by atoms with E-state index in [1.807, 2.05) is 0 Å². The second-order valence-electron chi connectivity index (χ2n) is 10.4. The van der Waals surface area contributed by atoms with E-state index in [2.05, 4.69) is 20.3 Å². The molecule has 2 aliphatic rings. The fourth-order valence-corrected chi connectivity index (χ4v) is 4.31. The lowest BCUT2D eigenvalue weighted by Gasteiger charge is -2.30. The van der Waals surface area contributed by atoms with Gasteiger partial charge in [0.25, 0.3) is 0 Å². The number of ether oxygens (including phenoxy) is 1. The summed E-state index contributed by atoms with van der Waals surface area (Å²) in [6.45, 7) is 6.68. The number of pyridine rings is 1. The molecule has 0 radical (unpaired) electrons. The first-order valence-corrected chi connectivity index (χ1v) is 12.1. The Labute approximate surface area is 211 Å². The Kier molecular flexibility index (Phi) is 7.13. The second-order valence-corrected chi connectivity index (χ2v) is 10.4. The van der Waals surface area contributed by atoms with E-state index in [-0.39, 0.29) is 18.9 Å². The van der Waals surface area contributed by atoms with Crippen molar-refractivity contribution in [3.05, 3.63) is 41.6 Å². The van der Waals surface area contributed by atoms with Crippen LogP contribution in [0.2, 0.25) is 0 Å². The molecule has 1 saturated carbocycles. The number of halogens is 4. The fraction of sp³-hybridized carbons (Fsp3) is 0.560. The van der Waals surface area contributed by atoms with Crippen molar-refractivity contribution >= 4 is 12.0 Å². The molecule has 37 heavy (non-hydrogen) atoms. The summed E-state index contributed by atoms with van der Waals surface area (Å²) in [6, 6.07) is -0.172. The molecule has 1 saturated heterocycles. The highest BCUT2D eigenvalue weighted by Crippen LogP contribution is 2.42. The van der Waals surface area contributed by atoms with Crippen LogP contribution in [0.25, 0.3) is 11.3 Å². The third kappa shape index (κ3) is 6.16. The third-order valence-corrected chi connectivity index (χ3v) is 6.35. The molecule has 3 atom stereocenters. The number of nitrogens with zero attached hydrogens (tertiary/aromatic N) is 4. The Hall–Kier alpha value is -3.31. The molecule has 0 spiro atoms. The van der Waals surface area contributed by atoms with Crippen LogP contribution in [-0.4, -0.2) is 55.7 Å². The van der Waals surface area contributed by atoms with E-state index in [0.717, 1.165) is 41.3 Å². The molecule has 200 valence electrons. The van der Waals surface area contributed by atoms with E-state index in [0.29, 0.717) is 11.3 Å². The predicted molar refractivity (Wildman–Crippen MR) is 125 cm³/mol. The van der Waals surface area contributed by atoms with Gasteiger partial charge in [-0.05, 0) is 63.6 Å². The van der Waals surface area contributed by atoms with Gasteiger partial charge in [0.1, 0.15) is 17.8 Å². The first-order chi connectivity index (χ1) is 17.2. The van der Waals surface area contributed by atoms with Crippen LogP contribution in [0.4, 0.5) is 22.4 Å². The number of hydrogen-bond acceptors (Lipinski definition) is 6. The van der Waals surface area contributed by atoms with Gasteiger partial charge in [-0.1, -0.05) is 0 Å². The first-order valence-electron chi connectivity index (χ1n) is 12.1. The minimum atomic E-state index is -4.65. The van der Waals surface area contributed by atoms with Crippen molar-refractivity contribution < 1.29 is 31.9 Å². The number of amides is 2. The minimum Gasteiger partial charge on any atom is -0.444 e. The Balaban J connectivity index is 1.52. The molecule has 0 unspecified atom stereocenters. The van der Waals surface area contributed by atoms with E-state index in [4.69, 9.17) is 4.74 Å². The minimum absolute atomic E-state index is 0.0751. The van der Waals surface area contributed by atoms with Crippen LogP contribution in [0.5, 0.6) is 0 Å². The first kappa shape index (κ1) is 26.7. The number of hydrogen-bond donors (Lipinski definition) is 1. The monoisotopic (exact) mass is 523 g/mol. The number of aromatic nitrogens is 3. The van der Waals surface area contributed by atoms with Crippen molar-refractivity contribution in [2.45, 2.75) is 89.5 Å². The topological polar surface area (TPSA) is 97.3 Å². The summed E-state index contributed by atoms with van der Waals surface area (Å²) in [6.07, 6.45) is -1.26. The third-order valence-electron chi connectivity index (χ3n) is 6.35. The van der Waals surface area contributed by atoms with Gasteiger partial charge in [0.05, 0.1) is 11.7 Å². The van der Waals surface area contributed by atoms with E-state index in [9.17, 15) is 27.2 Å². The molecule has 2 amide bonds. The molecule has 1 N–H and O–H groups in total. The molecule has 12 heteroatoms. The van der Waals surface area contributed by atoms with Crippen LogP contribution < -0.4 is 5.32 Å². The SMILES string of the molecule is C[C@H]1[C@H](F)C[C@@H](C(=O)NCc2cc(-c3cnc(C(F)(F)F)nc3)ncc2C2CC2)N1C(=O)OC(C)(C)C. The van der Waals surface area contributed by atoms with E-state index in [1.54, 1.807) is 33.0 Å². The molecular weight excluding hydrogens is 494 g/mol. The van der Waals surface area contributed by atoms with Gasteiger partial charge in [-0.3, -0.25) is 14.7 Å². The Morgan fingerprint density at radius 3 is 2.32 bits per heavy atom. The lowest BCUT2D eigenvalue weighted by molar-refractivity contribution is -0.145. The number of likely N-dealkylation sites (tertiary alicyclic amines) is 1. The summed E-state index contributed by atoms with van der Waals surface area (Å²) in [5.41, 5.74) is 1.50. The van der Waals surface area contributed by atoms with Crippen LogP contribution in [0.1, 0.15) is 69.8 Å². The van der Waals surface area contributed by atoms with Crippen molar-refractivity contribution in [2.24, 2.45) is 0 Å². The number of carbonyl (C=O) groups is 2. The Morgan fingerprint density at radius 2 is 1.76 bits per heavy atom. The average Bonchev–Trinajstić information content (AvgIpc) is 3.61. The molecule has 4 rings (SSSR count). The molecule has 1 aliphatic heterocycles. The molecule has 3 heterocycles. The van der Waals surface area contributed by atoms with Gasteiger partial charge in [0.2, 0.25) is 11.7 Å². The van der Waals surface area contributed by atoms with Gasteiger partial charge in [0.15, 0.2) is 0 Å². The lowest BCUT2D eigenvalue weighted by atomic mass is 10.0. The quantitative estimate of drug-likeness (QED) is 0.567. The summed E-state index contributed by atoms with van der Waals surface area (Å²) in [4.78, 5) is 38.1. The van der Waals surface area contributed by atoms with Crippen molar-refractivity contribution in [3.63, 3.8) is 0 Å². The normalized spacial score (nSPS) is 22.2. The van der Waals surface area contributed by atoms with Crippen LogP contribution in [0.3, 0.4) is 0 Å². The van der Waals surface area contributed by atoms with Crippen molar-refractivity contribution in [3.8, 4) is 11.3 Å². The zero-order chi connectivity index (χ0) is 27.1. The number of nitrogens with one attached hydrogen (secondary N) is 1. The molecular formula is C25H29F4N5O3. The predicted octanol–water partition coefficient (Wildman–Crippen LogP) is 4.79. The van der Waals surface area contributed by atoms with Gasteiger partial charge in [-0.2, -0.15) is 13.2 Å². The lowest BCUT2D eigenvalue weighted by Crippen LogP contribution is -2.50. The van der Waals surface area contributed by atoms with Gasteiger partial charge < -0.3 is 10.1 Å². The largest absolute Gasteiger partial charge is 0.451 e. The van der Waals surface area contributed by atoms with Gasteiger partial charge in [-0.25, -0.2) is 19.2 Å². The Bertz CT molecular complexity index is 1160. The second kappa shape index (κ2) is 9.86. The van der Waals surface area contributed by atoms with Crippen LogP contribution in [0.15, 0.2) is 24.7 Å². The van der Waals surface area contributed by atoms with Crippen molar-refractivity contribution in [2.75, 3.05) is 0 Å². The van der Waals surface area contributed by atoms with Crippen LogP contribution >= 0.6 is 0 Å². The van der Waals surface area contributed by atoms with Crippen LogP contribution in [-0.2, 0) is 22.3 Å². The maximum absolute atomic E-state index is 14.5. The highest BCUT2D eigenvalue weighted by Gasteiger charge is 2.46. The van der Waals surface area contributed by atoms with Gasteiger partial charge in [0, 0.05) is 37.1 Å². The molecule has 0 aromatic carbocycles. The molecule has 8 nitrogen and oxygen atoms in total. The summed E-state index contributed by atoms with van der Waals surface area (Å²) < 4.78 is 58.3. The summed E-state index contributed by atoms with van der Waals surface area (Å²) >= 11 is 0. The van der Waals surface area contributed by atoms with Crippen molar-refractivity contribution in [1.82, 2.24) is 25.2 Å². The standard InChI is InChI=1S/C25H29F4N5O3/c1-13-18(26)8-20(34(13)23(36)37-24(2,3)4)21(35)31-9-15-7-19(30-12-17(15)14-5-6-14)16-10-32-22(33-11-16)25(27,28)29/h7,10-14,18,20H,5-6,8-9H2,1-4H3,(H,31,35)/t13-,18+,20-/m0/s1. The Morgan fingerprint density at radius 1 is 1.11 bits per heavy atom. The van der Waals surface area contributed by atoms with Gasteiger partial charge >= 0.3 is 12.3 Å². The maximum atomic E-state index is 14.5. The van der Waals surface area contributed by atoms with Crippen molar-refractivity contribution in [1.29, 1.82) is 0 Å². The summed E-state index contributed by atoms with van der Waals surface area (Å²) in [5.74, 6) is -1.49. The molecule has 0 bridgehead atoms. The summed E-state index contributed by atoms with van der Waals surface area (Å²) in [7, 11) is 0. The van der Waals surface area contributed by atoms with E-state index < -0.39 is 47.9 Å². The maximum Gasteiger partial charge on any atom is 0.451 e. The van der Waals surface area contributed by atoms with Gasteiger partial charge in [-0.15, -0.1) is 0 Å². The van der Waals surface area contributed by atoms with Crippen LogP contribution in [0, 0.1) is 0 Å². The zero-order valence-corrected chi connectivity index (χ0v) is 21.0. The fourth-order valence-electron chi connectivity index (χ4n) is 4.31. The molecule has 2 aromatic heterocycles. The van der Waals surface area contributed by atoms with E-state index >= 15 is 0 Å². The number of carbonyl (C=O) groups excluding carboxylic acids is 2. The number of rotatable bonds is 5. The zero-order valence-electron chi connectivity index (χ0n) is 21.0. The van der Waals surface area contributed by atoms with E-state index in [1.165, 1.54) is 6.92 Å². The number of alkyl halides is 4.